The molecule has 1 aromatic heterocycles. The zero-order chi connectivity index (χ0) is 23.7. The number of sulfone groups is 1. The molecule has 3 atom stereocenters. The molecule has 2 saturated heterocycles. The minimum atomic E-state index is -3.00. The second-order valence-electron chi connectivity index (χ2n) is 9.75. The monoisotopic (exact) mass is 470 g/mol. The number of nitrogens with one attached hydrogen (secondary N) is 1. The van der Waals surface area contributed by atoms with Gasteiger partial charge < -0.3 is 15.3 Å². The number of likely N-dealkylation sites (tertiary alicyclic amines) is 1. The SMILES string of the molecule is CNC(=O)[C@H]1CC(O)CN1C(=O)C(n1cc(CN2CCCS(=O)(=O)CC2)nn1)C(C)(C)C. The third-order valence-electron chi connectivity index (χ3n) is 6.02. The quantitative estimate of drug-likeness (QED) is 0.570. The number of carbonyl (C=O) groups is 2. The van der Waals surface area contributed by atoms with Crippen molar-refractivity contribution in [1.29, 1.82) is 0 Å². The molecule has 32 heavy (non-hydrogen) atoms. The molecule has 3 rings (SSSR count). The van der Waals surface area contributed by atoms with Crippen LogP contribution in [0.2, 0.25) is 0 Å². The Kier molecular flexibility index (Phi) is 7.25. The lowest BCUT2D eigenvalue weighted by Crippen LogP contribution is -2.49. The van der Waals surface area contributed by atoms with Crippen molar-refractivity contribution >= 4 is 21.7 Å². The summed E-state index contributed by atoms with van der Waals surface area (Å²) in [6.45, 7) is 7.38. The van der Waals surface area contributed by atoms with E-state index in [1.54, 1.807) is 6.20 Å². The highest BCUT2D eigenvalue weighted by atomic mass is 32.2. The van der Waals surface area contributed by atoms with Crippen LogP contribution in [0, 0.1) is 5.41 Å². The number of β-amino-alcohol motifs (C(OH)–C–C–N with tert-alkyl or cyclic N) is 1. The fourth-order valence-electron chi connectivity index (χ4n) is 4.40. The summed E-state index contributed by atoms with van der Waals surface area (Å²) in [7, 11) is -1.49. The first-order valence-electron chi connectivity index (χ1n) is 10.9. The predicted octanol–water partition coefficient (Wildman–Crippen LogP) is -0.806. The molecule has 0 aromatic carbocycles. The maximum atomic E-state index is 13.6. The van der Waals surface area contributed by atoms with Crippen molar-refractivity contribution in [3.8, 4) is 0 Å². The number of aliphatic hydroxyl groups excluding tert-OH is 1. The molecule has 0 spiro atoms. The van der Waals surface area contributed by atoms with Gasteiger partial charge in [-0.25, -0.2) is 13.1 Å². The van der Waals surface area contributed by atoms with Crippen molar-refractivity contribution in [2.75, 3.05) is 38.2 Å². The van der Waals surface area contributed by atoms with Crippen LogP contribution in [0.15, 0.2) is 6.20 Å². The molecule has 3 heterocycles. The molecule has 2 unspecified atom stereocenters. The molecule has 1 aromatic rings. The van der Waals surface area contributed by atoms with E-state index < -0.39 is 33.4 Å². The van der Waals surface area contributed by atoms with Crippen LogP contribution in [-0.2, 0) is 26.0 Å². The lowest BCUT2D eigenvalue weighted by Gasteiger charge is -2.34. The lowest BCUT2D eigenvalue weighted by molar-refractivity contribution is -0.144. The maximum absolute atomic E-state index is 13.6. The van der Waals surface area contributed by atoms with Gasteiger partial charge in [0.1, 0.15) is 12.1 Å². The van der Waals surface area contributed by atoms with Crippen LogP contribution in [0.5, 0.6) is 0 Å². The van der Waals surface area contributed by atoms with E-state index in [4.69, 9.17) is 0 Å². The zero-order valence-electron chi connectivity index (χ0n) is 19.2. The number of amides is 2. The summed E-state index contributed by atoms with van der Waals surface area (Å²) in [5.41, 5.74) is 0.121. The van der Waals surface area contributed by atoms with Crippen molar-refractivity contribution in [2.24, 2.45) is 5.41 Å². The highest BCUT2D eigenvalue weighted by Gasteiger charge is 2.45. The van der Waals surface area contributed by atoms with Gasteiger partial charge in [0.15, 0.2) is 9.84 Å². The minimum absolute atomic E-state index is 0.0906. The van der Waals surface area contributed by atoms with Crippen LogP contribution in [0.1, 0.15) is 45.3 Å². The van der Waals surface area contributed by atoms with Gasteiger partial charge in [-0.15, -0.1) is 5.10 Å². The number of aromatic nitrogens is 3. The molecular formula is C20H34N6O5S. The minimum Gasteiger partial charge on any atom is -0.391 e. The van der Waals surface area contributed by atoms with Crippen LogP contribution in [0.4, 0.5) is 0 Å². The van der Waals surface area contributed by atoms with Crippen LogP contribution in [0.25, 0.3) is 0 Å². The largest absolute Gasteiger partial charge is 0.391 e. The summed E-state index contributed by atoms with van der Waals surface area (Å²) < 4.78 is 25.2. The van der Waals surface area contributed by atoms with Crippen LogP contribution >= 0.6 is 0 Å². The fraction of sp³-hybridized carbons (Fsp3) is 0.800. The van der Waals surface area contributed by atoms with Crippen LogP contribution < -0.4 is 5.32 Å². The first-order valence-corrected chi connectivity index (χ1v) is 12.8. The van der Waals surface area contributed by atoms with Gasteiger partial charge in [0.25, 0.3) is 0 Å². The summed E-state index contributed by atoms with van der Waals surface area (Å²) in [6, 6.07) is -1.44. The molecule has 0 radical (unpaired) electrons. The van der Waals surface area contributed by atoms with E-state index in [-0.39, 0.29) is 36.3 Å². The Hall–Kier alpha value is -2.05. The number of likely N-dealkylation sites (N-methyl/N-ethyl adjacent to an activating group) is 1. The van der Waals surface area contributed by atoms with Crippen molar-refractivity contribution in [3.05, 3.63) is 11.9 Å². The zero-order valence-corrected chi connectivity index (χ0v) is 20.0. The Bertz CT molecular complexity index is 941. The number of carbonyl (C=O) groups excluding carboxylic acids is 2. The van der Waals surface area contributed by atoms with Crippen molar-refractivity contribution in [2.45, 2.75) is 58.3 Å². The van der Waals surface area contributed by atoms with Crippen LogP contribution in [-0.4, -0.2) is 100 Å². The normalized spacial score (nSPS) is 25.3. The highest BCUT2D eigenvalue weighted by Crippen LogP contribution is 2.34. The van der Waals surface area contributed by atoms with Gasteiger partial charge in [-0.2, -0.15) is 0 Å². The number of hydrogen-bond donors (Lipinski definition) is 2. The number of nitrogens with zero attached hydrogens (tertiary/aromatic N) is 5. The van der Waals surface area contributed by atoms with Gasteiger partial charge >= 0.3 is 0 Å². The van der Waals surface area contributed by atoms with Crippen molar-refractivity contribution in [1.82, 2.24) is 30.1 Å². The van der Waals surface area contributed by atoms with Gasteiger partial charge in [0.2, 0.25) is 11.8 Å². The first-order chi connectivity index (χ1) is 14.9. The topological polar surface area (TPSA) is 138 Å². The summed E-state index contributed by atoms with van der Waals surface area (Å²) >= 11 is 0. The average molecular weight is 471 g/mol. The van der Waals surface area contributed by atoms with Gasteiger partial charge in [0, 0.05) is 33.1 Å². The maximum Gasteiger partial charge on any atom is 0.248 e. The van der Waals surface area contributed by atoms with Crippen molar-refractivity contribution < 1.29 is 23.1 Å². The molecule has 2 aliphatic heterocycles. The Labute approximate surface area is 189 Å². The van der Waals surface area contributed by atoms with Gasteiger partial charge in [-0.05, 0) is 18.4 Å². The van der Waals surface area contributed by atoms with E-state index in [1.165, 1.54) is 16.6 Å². The van der Waals surface area contributed by atoms with Gasteiger partial charge in [0.05, 0.1) is 29.5 Å². The molecule has 2 fully saturated rings. The smallest absolute Gasteiger partial charge is 0.248 e. The molecule has 0 saturated carbocycles. The Balaban J connectivity index is 1.79. The Morgan fingerprint density at radius 1 is 1.28 bits per heavy atom. The van der Waals surface area contributed by atoms with Crippen molar-refractivity contribution in [3.63, 3.8) is 0 Å². The van der Waals surface area contributed by atoms with E-state index in [0.717, 1.165) is 0 Å². The standard InChI is InChI=1S/C20H34N6O5S/c1-20(2,3)17(19(29)25-13-15(27)10-16(25)18(28)21-4)26-12-14(22-23-26)11-24-6-5-8-32(30,31)9-7-24/h12,15-17,27H,5-11,13H2,1-4H3,(H,21,28)/t15?,16-,17?/m1/s1. The molecule has 0 bridgehead atoms. The predicted molar refractivity (Wildman–Crippen MR) is 117 cm³/mol. The molecule has 2 aliphatic rings. The number of rotatable bonds is 5. The fourth-order valence-corrected chi connectivity index (χ4v) is 5.71. The van der Waals surface area contributed by atoms with E-state index in [9.17, 15) is 23.1 Å². The summed E-state index contributed by atoms with van der Waals surface area (Å²) in [4.78, 5) is 29.3. The number of aliphatic hydroxyl groups is 1. The second kappa shape index (κ2) is 9.44. The van der Waals surface area contributed by atoms with E-state index in [2.05, 4.69) is 15.6 Å². The molecule has 12 heteroatoms. The van der Waals surface area contributed by atoms with E-state index in [1.807, 2.05) is 25.7 Å². The van der Waals surface area contributed by atoms with E-state index >= 15 is 0 Å². The molecular weight excluding hydrogens is 436 g/mol. The second-order valence-corrected chi connectivity index (χ2v) is 12.1. The number of hydrogen-bond acceptors (Lipinski definition) is 8. The van der Waals surface area contributed by atoms with Crippen LogP contribution in [0.3, 0.4) is 0 Å². The Morgan fingerprint density at radius 3 is 2.66 bits per heavy atom. The average Bonchev–Trinajstić information content (AvgIpc) is 3.26. The molecule has 180 valence electrons. The third-order valence-corrected chi connectivity index (χ3v) is 7.74. The van der Waals surface area contributed by atoms with E-state index in [0.29, 0.717) is 31.7 Å². The summed E-state index contributed by atoms with van der Waals surface area (Å²) in [5.74, 6) is -0.272. The summed E-state index contributed by atoms with van der Waals surface area (Å²) in [6.07, 6.45) is 1.74. The summed E-state index contributed by atoms with van der Waals surface area (Å²) in [5, 5.41) is 21.1. The lowest BCUT2D eigenvalue weighted by atomic mass is 9.85. The van der Waals surface area contributed by atoms with Gasteiger partial charge in [-0.3, -0.25) is 14.5 Å². The molecule has 0 aliphatic carbocycles. The first kappa shape index (κ1) is 24.6. The highest BCUT2D eigenvalue weighted by molar-refractivity contribution is 7.91. The molecule has 11 nitrogen and oxygen atoms in total. The third kappa shape index (κ3) is 5.65. The van der Waals surface area contributed by atoms with Gasteiger partial charge in [-0.1, -0.05) is 26.0 Å². The Morgan fingerprint density at radius 2 is 2.00 bits per heavy atom. The molecule has 2 amide bonds. The molecule has 2 N–H and O–H groups in total.